The third-order valence-corrected chi connectivity index (χ3v) is 5.00. The lowest BCUT2D eigenvalue weighted by Gasteiger charge is -2.19. The van der Waals surface area contributed by atoms with Gasteiger partial charge in [-0.25, -0.2) is 0 Å². The maximum absolute atomic E-state index is 6.08. The highest BCUT2D eigenvalue weighted by Crippen LogP contribution is 2.25. The van der Waals surface area contributed by atoms with Crippen LogP contribution in [0.3, 0.4) is 0 Å². The van der Waals surface area contributed by atoms with Crippen LogP contribution >= 0.6 is 0 Å². The van der Waals surface area contributed by atoms with Gasteiger partial charge in [-0.05, 0) is 50.4 Å². The maximum Gasteiger partial charge on any atom is 0.124 e. The second kappa shape index (κ2) is 11.7. The smallest absolute Gasteiger partial charge is 0.124 e. The van der Waals surface area contributed by atoms with Gasteiger partial charge in [0.2, 0.25) is 0 Å². The molecule has 0 aliphatic heterocycles. The van der Waals surface area contributed by atoms with Gasteiger partial charge >= 0.3 is 0 Å². The van der Waals surface area contributed by atoms with Crippen molar-refractivity contribution in [1.82, 2.24) is 5.32 Å². The summed E-state index contributed by atoms with van der Waals surface area (Å²) in [6.45, 7) is 8.44. The zero-order valence-corrected chi connectivity index (χ0v) is 16.8. The Bertz CT molecular complexity index is 638. The Balaban J connectivity index is 1.80. The van der Waals surface area contributed by atoms with E-state index in [1.165, 1.54) is 42.4 Å². The van der Waals surface area contributed by atoms with Crippen LogP contribution < -0.4 is 10.1 Å². The van der Waals surface area contributed by atoms with Crippen molar-refractivity contribution in [1.29, 1.82) is 0 Å². The van der Waals surface area contributed by atoms with Gasteiger partial charge in [-0.1, -0.05) is 75.1 Å². The van der Waals surface area contributed by atoms with Gasteiger partial charge in [-0.3, -0.25) is 0 Å². The Hall–Kier alpha value is -1.80. The second-order valence-corrected chi connectivity index (χ2v) is 7.15. The van der Waals surface area contributed by atoms with Crippen LogP contribution in [0.2, 0.25) is 0 Å². The molecule has 1 atom stereocenters. The number of para-hydroxylation sites is 1. The Morgan fingerprint density at radius 1 is 0.923 bits per heavy atom. The van der Waals surface area contributed by atoms with Crippen molar-refractivity contribution in [2.75, 3.05) is 13.2 Å². The van der Waals surface area contributed by atoms with E-state index in [2.05, 4.69) is 74.6 Å². The van der Waals surface area contributed by atoms with Crippen molar-refractivity contribution in [3.8, 4) is 5.75 Å². The van der Waals surface area contributed by atoms with Crippen LogP contribution in [0.25, 0.3) is 0 Å². The first-order chi connectivity index (χ1) is 12.7. The highest BCUT2D eigenvalue weighted by Gasteiger charge is 2.11. The van der Waals surface area contributed by atoms with Crippen LogP contribution in [0, 0.1) is 6.92 Å². The predicted octanol–water partition coefficient (Wildman–Crippen LogP) is 6.24. The number of aryl methyl sites for hydroxylation is 1. The fraction of sp³-hybridized carbons (Fsp3) is 0.500. The minimum absolute atomic E-state index is 0.287. The molecule has 1 unspecified atom stereocenters. The fourth-order valence-corrected chi connectivity index (χ4v) is 3.28. The molecule has 0 heterocycles. The predicted molar refractivity (Wildman–Crippen MR) is 112 cm³/mol. The number of ether oxygens (including phenoxy) is 1. The van der Waals surface area contributed by atoms with Gasteiger partial charge in [0, 0.05) is 11.6 Å². The van der Waals surface area contributed by atoms with E-state index in [1.54, 1.807) is 0 Å². The zero-order valence-electron chi connectivity index (χ0n) is 16.8. The summed E-state index contributed by atoms with van der Waals surface area (Å²) in [6.07, 6.45) is 7.40. The summed E-state index contributed by atoms with van der Waals surface area (Å²) in [5.41, 5.74) is 4.04. The molecule has 26 heavy (non-hydrogen) atoms. The van der Waals surface area contributed by atoms with Gasteiger partial charge in [0.15, 0.2) is 0 Å². The summed E-state index contributed by atoms with van der Waals surface area (Å²) >= 11 is 0. The van der Waals surface area contributed by atoms with Crippen molar-refractivity contribution < 1.29 is 4.74 Å². The summed E-state index contributed by atoms with van der Waals surface area (Å²) in [5, 5.41) is 3.65. The average Bonchev–Trinajstić information content (AvgIpc) is 2.66. The lowest BCUT2D eigenvalue weighted by molar-refractivity contribution is 0.299. The SMILES string of the molecule is CCCCCCCOc1ccccc1C(C)NCCc1ccccc1C. The summed E-state index contributed by atoms with van der Waals surface area (Å²) in [4.78, 5) is 0. The van der Waals surface area contributed by atoms with Crippen LogP contribution in [-0.4, -0.2) is 13.2 Å². The van der Waals surface area contributed by atoms with Crippen LogP contribution in [0.1, 0.15) is 68.7 Å². The fourth-order valence-electron chi connectivity index (χ4n) is 3.28. The number of unbranched alkanes of at least 4 members (excludes halogenated alkanes) is 4. The van der Waals surface area contributed by atoms with Gasteiger partial charge in [0.25, 0.3) is 0 Å². The van der Waals surface area contributed by atoms with E-state index in [0.717, 1.165) is 31.7 Å². The molecule has 2 aromatic carbocycles. The summed E-state index contributed by atoms with van der Waals surface area (Å²) in [6, 6.07) is 17.4. The van der Waals surface area contributed by atoms with Crippen LogP contribution in [0.4, 0.5) is 0 Å². The molecule has 2 heteroatoms. The molecule has 2 nitrogen and oxygen atoms in total. The Kier molecular flexibility index (Phi) is 9.27. The molecule has 2 rings (SSSR count). The first-order valence-corrected chi connectivity index (χ1v) is 10.2. The normalized spacial score (nSPS) is 12.1. The molecule has 0 amide bonds. The first kappa shape index (κ1) is 20.5. The third-order valence-electron chi connectivity index (χ3n) is 5.00. The summed E-state index contributed by atoms with van der Waals surface area (Å²) in [7, 11) is 0. The molecule has 0 spiro atoms. The Morgan fingerprint density at radius 2 is 1.65 bits per heavy atom. The van der Waals surface area contributed by atoms with E-state index in [1.807, 2.05) is 0 Å². The van der Waals surface area contributed by atoms with E-state index in [4.69, 9.17) is 4.74 Å². The van der Waals surface area contributed by atoms with Crippen molar-refractivity contribution in [2.45, 2.75) is 65.3 Å². The zero-order chi connectivity index (χ0) is 18.6. The van der Waals surface area contributed by atoms with E-state index in [9.17, 15) is 0 Å². The molecule has 0 fully saturated rings. The van der Waals surface area contributed by atoms with E-state index in [0.29, 0.717) is 0 Å². The number of hydrogen-bond acceptors (Lipinski definition) is 2. The second-order valence-electron chi connectivity index (χ2n) is 7.15. The van der Waals surface area contributed by atoms with Crippen LogP contribution in [0.5, 0.6) is 5.75 Å². The molecular formula is C24H35NO. The molecule has 0 aliphatic carbocycles. The van der Waals surface area contributed by atoms with Gasteiger partial charge < -0.3 is 10.1 Å². The lowest BCUT2D eigenvalue weighted by Crippen LogP contribution is -2.22. The molecule has 2 aromatic rings. The summed E-state index contributed by atoms with van der Waals surface area (Å²) in [5.74, 6) is 1.03. The maximum atomic E-state index is 6.08. The minimum atomic E-state index is 0.287. The van der Waals surface area contributed by atoms with Gasteiger partial charge in [-0.15, -0.1) is 0 Å². The summed E-state index contributed by atoms with van der Waals surface area (Å²) < 4.78 is 6.08. The molecule has 0 aromatic heterocycles. The highest BCUT2D eigenvalue weighted by atomic mass is 16.5. The quantitative estimate of drug-likeness (QED) is 0.456. The average molecular weight is 354 g/mol. The number of nitrogens with one attached hydrogen (secondary N) is 1. The number of hydrogen-bond donors (Lipinski definition) is 1. The van der Waals surface area contributed by atoms with Crippen molar-refractivity contribution in [3.05, 3.63) is 65.2 Å². The standard InChI is InChI=1S/C24H35NO/c1-4-5-6-7-12-19-26-24-16-11-10-15-23(24)21(3)25-18-17-22-14-9-8-13-20(22)2/h8-11,13-16,21,25H,4-7,12,17-19H2,1-3H3. The van der Waals surface area contributed by atoms with Gasteiger partial charge in [-0.2, -0.15) is 0 Å². The van der Waals surface area contributed by atoms with Gasteiger partial charge in [0.05, 0.1) is 6.61 Å². The minimum Gasteiger partial charge on any atom is -0.493 e. The first-order valence-electron chi connectivity index (χ1n) is 10.2. The Labute approximate surface area is 160 Å². The molecule has 0 saturated carbocycles. The Morgan fingerprint density at radius 3 is 2.46 bits per heavy atom. The largest absolute Gasteiger partial charge is 0.493 e. The topological polar surface area (TPSA) is 21.3 Å². The van der Waals surface area contributed by atoms with Crippen molar-refractivity contribution in [3.63, 3.8) is 0 Å². The van der Waals surface area contributed by atoms with E-state index >= 15 is 0 Å². The molecule has 0 saturated heterocycles. The molecular weight excluding hydrogens is 318 g/mol. The molecule has 0 bridgehead atoms. The number of benzene rings is 2. The van der Waals surface area contributed by atoms with E-state index in [-0.39, 0.29) is 6.04 Å². The van der Waals surface area contributed by atoms with Crippen LogP contribution in [-0.2, 0) is 6.42 Å². The van der Waals surface area contributed by atoms with Crippen molar-refractivity contribution in [2.24, 2.45) is 0 Å². The highest BCUT2D eigenvalue weighted by molar-refractivity contribution is 5.35. The molecule has 0 aliphatic rings. The monoisotopic (exact) mass is 353 g/mol. The lowest BCUT2D eigenvalue weighted by atomic mass is 10.0. The van der Waals surface area contributed by atoms with Crippen LogP contribution in [0.15, 0.2) is 48.5 Å². The molecule has 1 N–H and O–H groups in total. The van der Waals surface area contributed by atoms with Crippen molar-refractivity contribution >= 4 is 0 Å². The molecule has 142 valence electrons. The van der Waals surface area contributed by atoms with Gasteiger partial charge in [0.1, 0.15) is 5.75 Å². The van der Waals surface area contributed by atoms with E-state index < -0.39 is 0 Å². The molecule has 0 radical (unpaired) electrons. The third kappa shape index (κ3) is 6.84. The number of rotatable bonds is 12.